The molecule has 2 aliphatic carbocycles. The summed E-state index contributed by atoms with van der Waals surface area (Å²) in [6.07, 6.45) is 4.95. The number of anilines is 1. The third-order valence-electron chi connectivity index (χ3n) is 5.62. The Bertz CT molecular complexity index is 740. The highest BCUT2D eigenvalue weighted by Gasteiger charge is 2.46. The lowest BCUT2D eigenvalue weighted by molar-refractivity contribution is -0.118. The Labute approximate surface area is 148 Å². The van der Waals surface area contributed by atoms with Crippen LogP contribution in [0.25, 0.3) is 11.1 Å². The molecule has 2 aliphatic rings. The topological polar surface area (TPSA) is 83.8 Å². The van der Waals surface area contributed by atoms with Crippen molar-refractivity contribution in [2.75, 3.05) is 5.32 Å². The van der Waals surface area contributed by atoms with Crippen LogP contribution in [-0.4, -0.2) is 22.1 Å². The maximum atomic E-state index is 12.6. The largest absolute Gasteiger partial charge is 0.325 e. The molecule has 0 aliphatic heterocycles. The first-order chi connectivity index (χ1) is 12.0. The molecule has 4 N–H and O–H groups in total. The van der Waals surface area contributed by atoms with Crippen molar-refractivity contribution in [2.24, 2.45) is 23.5 Å². The van der Waals surface area contributed by atoms with Crippen molar-refractivity contribution >= 4 is 11.6 Å². The third kappa shape index (κ3) is 3.33. The Balaban J connectivity index is 1.44. The lowest BCUT2D eigenvalue weighted by Gasteiger charge is -2.23. The predicted molar refractivity (Wildman–Crippen MR) is 99.0 cm³/mol. The van der Waals surface area contributed by atoms with E-state index in [9.17, 15) is 4.79 Å². The second-order valence-corrected chi connectivity index (χ2v) is 7.65. The number of nitrogens with one attached hydrogen (secondary N) is 2. The van der Waals surface area contributed by atoms with Crippen molar-refractivity contribution in [3.8, 4) is 11.1 Å². The molecule has 2 fully saturated rings. The number of nitrogens with two attached hydrogens (primary N) is 1. The van der Waals surface area contributed by atoms with E-state index >= 15 is 0 Å². The van der Waals surface area contributed by atoms with Gasteiger partial charge in [-0.3, -0.25) is 9.89 Å². The van der Waals surface area contributed by atoms with Gasteiger partial charge in [-0.1, -0.05) is 12.1 Å². The van der Waals surface area contributed by atoms with Gasteiger partial charge in [0.05, 0.1) is 11.7 Å². The second-order valence-electron chi connectivity index (χ2n) is 7.65. The molecular weight excluding hydrogens is 312 g/mol. The number of benzene rings is 1. The van der Waals surface area contributed by atoms with E-state index in [1.807, 2.05) is 38.1 Å². The van der Waals surface area contributed by atoms with Crippen LogP contribution in [0.5, 0.6) is 0 Å². The molecule has 5 heteroatoms. The maximum absolute atomic E-state index is 12.6. The lowest BCUT2D eigenvalue weighted by Crippen LogP contribution is -2.43. The Kier molecular flexibility index (Phi) is 4.12. The molecule has 132 valence electrons. The number of amides is 1. The fraction of sp³-hybridized carbons (Fsp3) is 0.500. The molecule has 1 aromatic heterocycles. The molecular formula is C20H26N4O. The third-order valence-corrected chi connectivity index (χ3v) is 5.62. The molecule has 1 amide bonds. The summed E-state index contributed by atoms with van der Waals surface area (Å²) in [6.45, 7) is 4.00. The van der Waals surface area contributed by atoms with Gasteiger partial charge < -0.3 is 11.1 Å². The number of hydrogen-bond donors (Lipinski definition) is 3. The molecule has 0 radical (unpaired) electrons. The van der Waals surface area contributed by atoms with Crippen LogP contribution in [0.4, 0.5) is 5.69 Å². The molecule has 1 aromatic carbocycles. The fourth-order valence-corrected chi connectivity index (χ4v) is 4.03. The first kappa shape index (κ1) is 16.3. The van der Waals surface area contributed by atoms with Crippen LogP contribution >= 0.6 is 0 Å². The summed E-state index contributed by atoms with van der Waals surface area (Å²) in [6, 6.07) is 7.53. The maximum Gasteiger partial charge on any atom is 0.241 e. The zero-order chi connectivity index (χ0) is 17.6. The van der Waals surface area contributed by atoms with E-state index < -0.39 is 6.04 Å². The molecule has 0 saturated heterocycles. The number of carbonyl (C=O) groups excluding carboxylic acids is 1. The predicted octanol–water partition coefficient (Wildman–Crippen LogP) is 3.40. The average molecular weight is 338 g/mol. The minimum absolute atomic E-state index is 0.0489. The van der Waals surface area contributed by atoms with Gasteiger partial charge in [0.15, 0.2) is 0 Å². The fourth-order valence-electron chi connectivity index (χ4n) is 4.03. The summed E-state index contributed by atoms with van der Waals surface area (Å²) in [7, 11) is 0. The molecule has 0 bridgehead atoms. The van der Waals surface area contributed by atoms with Crippen LogP contribution in [0, 0.1) is 31.6 Å². The monoisotopic (exact) mass is 338 g/mol. The van der Waals surface area contributed by atoms with E-state index in [0.29, 0.717) is 17.8 Å². The van der Waals surface area contributed by atoms with Crippen LogP contribution in [0.2, 0.25) is 0 Å². The number of aromatic nitrogens is 2. The van der Waals surface area contributed by atoms with E-state index in [4.69, 9.17) is 5.73 Å². The molecule has 2 saturated carbocycles. The van der Waals surface area contributed by atoms with E-state index in [2.05, 4.69) is 15.5 Å². The lowest BCUT2D eigenvalue weighted by atomic mass is 9.89. The number of nitrogens with zero attached hydrogens (tertiary/aromatic N) is 1. The Morgan fingerprint density at radius 2 is 1.76 bits per heavy atom. The van der Waals surface area contributed by atoms with Crippen LogP contribution in [0.3, 0.4) is 0 Å². The molecule has 25 heavy (non-hydrogen) atoms. The van der Waals surface area contributed by atoms with Crippen LogP contribution in [-0.2, 0) is 4.79 Å². The number of carbonyl (C=O) groups is 1. The highest BCUT2D eigenvalue weighted by molar-refractivity contribution is 5.95. The highest BCUT2D eigenvalue weighted by Crippen LogP contribution is 2.50. The number of aryl methyl sites for hydroxylation is 2. The summed E-state index contributed by atoms with van der Waals surface area (Å²) >= 11 is 0. The number of hydrogen-bond acceptors (Lipinski definition) is 3. The quantitative estimate of drug-likeness (QED) is 0.755. The van der Waals surface area contributed by atoms with Crippen molar-refractivity contribution in [1.82, 2.24) is 10.2 Å². The molecule has 2 aromatic rings. The Hall–Kier alpha value is -2.14. The molecule has 4 rings (SSSR count). The van der Waals surface area contributed by atoms with Crippen molar-refractivity contribution in [3.05, 3.63) is 35.7 Å². The summed E-state index contributed by atoms with van der Waals surface area (Å²) in [5.74, 6) is 1.66. The average Bonchev–Trinajstić information content (AvgIpc) is 3.51. The van der Waals surface area contributed by atoms with Crippen LogP contribution < -0.4 is 11.1 Å². The molecule has 1 atom stereocenters. The van der Waals surface area contributed by atoms with Crippen molar-refractivity contribution in [3.63, 3.8) is 0 Å². The zero-order valence-corrected chi connectivity index (χ0v) is 14.9. The van der Waals surface area contributed by atoms with Gasteiger partial charge in [-0.05, 0) is 75.0 Å². The summed E-state index contributed by atoms with van der Waals surface area (Å²) in [5, 5.41) is 10.2. The van der Waals surface area contributed by atoms with Crippen molar-refractivity contribution in [2.45, 2.75) is 45.6 Å². The Morgan fingerprint density at radius 1 is 1.16 bits per heavy atom. The highest BCUT2D eigenvalue weighted by atomic mass is 16.2. The minimum Gasteiger partial charge on any atom is -0.325 e. The molecule has 0 spiro atoms. The van der Waals surface area contributed by atoms with Gasteiger partial charge in [0, 0.05) is 16.9 Å². The van der Waals surface area contributed by atoms with Crippen LogP contribution in [0.1, 0.15) is 37.1 Å². The minimum atomic E-state index is -0.391. The van der Waals surface area contributed by atoms with Gasteiger partial charge in [-0.25, -0.2) is 0 Å². The van der Waals surface area contributed by atoms with Gasteiger partial charge >= 0.3 is 0 Å². The van der Waals surface area contributed by atoms with Crippen molar-refractivity contribution in [1.29, 1.82) is 0 Å². The normalized spacial score (nSPS) is 18.4. The zero-order valence-electron chi connectivity index (χ0n) is 14.9. The van der Waals surface area contributed by atoms with E-state index in [1.165, 1.54) is 25.7 Å². The molecule has 1 heterocycles. The Morgan fingerprint density at radius 3 is 2.24 bits per heavy atom. The van der Waals surface area contributed by atoms with E-state index in [-0.39, 0.29) is 5.91 Å². The SMILES string of the molecule is Cc1n[nH]c(C)c1-c1ccc(NC(=O)[C@@H](N)C(C2CC2)C2CC2)cc1. The second kappa shape index (κ2) is 6.30. The van der Waals surface area contributed by atoms with Gasteiger partial charge in [-0.2, -0.15) is 5.10 Å². The van der Waals surface area contributed by atoms with Crippen molar-refractivity contribution < 1.29 is 4.79 Å². The van der Waals surface area contributed by atoms with Gasteiger partial charge in [0.25, 0.3) is 0 Å². The molecule has 5 nitrogen and oxygen atoms in total. The van der Waals surface area contributed by atoms with E-state index in [0.717, 1.165) is 28.2 Å². The van der Waals surface area contributed by atoms with Gasteiger partial charge in [-0.15, -0.1) is 0 Å². The smallest absolute Gasteiger partial charge is 0.241 e. The summed E-state index contributed by atoms with van der Waals surface area (Å²) in [5.41, 5.74) is 11.4. The van der Waals surface area contributed by atoms with Gasteiger partial charge in [0.2, 0.25) is 5.91 Å². The number of rotatable bonds is 6. The number of aromatic amines is 1. The summed E-state index contributed by atoms with van der Waals surface area (Å²) < 4.78 is 0. The molecule has 0 unspecified atom stereocenters. The summed E-state index contributed by atoms with van der Waals surface area (Å²) in [4.78, 5) is 12.6. The first-order valence-corrected chi connectivity index (χ1v) is 9.23. The van der Waals surface area contributed by atoms with Gasteiger partial charge in [0.1, 0.15) is 0 Å². The van der Waals surface area contributed by atoms with E-state index in [1.54, 1.807) is 0 Å². The number of H-pyrrole nitrogens is 1. The first-order valence-electron chi connectivity index (χ1n) is 9.23. The standard InChI is InChI=1S/C20H26N4O/c1-11-17(12(2)24-23-11)13-7-9-16(10-8-13)22-20(25)19(21)18(14-3-4-14)15-5-6-15/h7-10,14-15,18-19H,3-6,21H2,1-2H3,(H,22,25)(H,23,24)/t19-/m0/s1. The van der Waals surface area contributed by atoms with Crippen LogP contribution in [0.15, 0.2) is 24.3 Å².